The number of carbonyl (C=O) groups excluding carboxylic acids is 2. The van der Waals surface area contributed by atoms with E-state index in [9.17, 15) is 9.59 Å². The van der Waals surface area contributed by atoms with Gasteiger partial charge < -0.3 is 10.1 Å². The molecule has 1 aromatic heterocycles. The second-order valence-electron chi connectivity index (χ2n) is 6.33. The molecule has 0 bridgehead atoms. The standard InChI is InChI=1S/C18H23N5O3S/c1-26-15-9-7-14(8-10-15)23-12-19-22-18(23)27-11-16(24)21-17(25)20-13-5-3-2-4-6-13/h7-10,12-13H,2-6,11H2,1H3,(H2,20,21,24,25). The van der Waals surface area contributed by atoms with E-state index >= 15 is 0 Å². The van der Waals surface area contributed by atoms with Gasteiger partial charge in [-0.05, 0) is 37.1 Å². The Balaban J connectivity index is 1.50. The molecule has 0 aliphatic heterocycles. The van der Waals surface area contributed by atoms with Gasteiger partial charge in [-0.25, -0.2) is 4.79 Å². The number of nitrogens with one attached hydrogen (secondary N) is 2. The number of nitrogens with zero attached hydrogens (tertiary/aromatic N) is 3. The number of methoxy groups -OCH3 is 1. The maximum atomic E-state index is 12.1. The van der Waals surface area contributed by atoms with Gasteiger partial charge in [-0.2, -0.15) is 0 Å². The molecule has 2 aromatic rings. The highest BCUT2D eigenvalue weighted by Gasteiger charge is 2.17. The fourth-order valence-electron chi connectivity index (χ4n) is 3.00. The number of rotatable bonds is 6. The van der Waals surface area contributed by atoms with Gasteiger partial charge in [-0.15, -0.1) is 10.2 Å². The normalized spacial score (nSPS) is 14.6. The fraction of sp³-hybridized carbons (Fsp3) is 0.444. The highest BCUT2D eigenvalue weighted by Crippen LogP contribution is 2.21. The molecule has 3 amide bonds. The van der Waals surface area contributed by atoms with Crippen LogP contribution >= 0.6 is 11.8 Å². The summed E-state index contributed by atoms with van der Waals surface area (Å²) in [6.45, 7) is 0. The van der Waals surface area contributed by atoms with Crippen LogP contribution in [0.4, 0.5) is 4.79 Å². The number of imide groups is 1. The number of hydrogen-bond acceptors (Lipinski definition) is 6. The Morgan fingerprint density at radius 2 is 1.96 bits per heavy atom. The van der Waals surface area contributed by atoms with Crippen LogP contribution in [0.5, 0.6) is 5.75 Å². The van der Waals surface area contributed by atoms with Gasteiger partial charge in [0.1, 0.15) is 12.1 Å². The molecule has 144 valence electrons. The third-order valence-corrected chi connectivity index (χ3v) is 5.34. The Hall–Kier alpha value is -2.55. The molecule has 8 nitrogen and oxygen atoms in total. The number of ether oxygens (including phenoxy) is 1. The van der Waals surface area contributed by atoms with Crippen LogP contribution in [0.3, 0.4) is 0 Å². The Morgan fingerprint density at radius 1 is 1.22 bits per heavy atom. The molecule has 1 aromatic carbocycles. The summed E-state index contributed by atoms with van der Waals surface area (Å²) in [4.78, 5) is 24.0. The zero-order chi connectivity index (χ0) is 19.1. The van der Waals surface area contributed by atoms with E-state index in [2.05, 4.69) is 20.8 Å². The van der Waals surface area contributed by atoms with Crippen LogP contribution in [0.2, 0.25) is 0 Å². The highest BCUT2D eigenvalue weighted by molar-refractivity contribution is 7.99. The fourth-order valence-corrected chi connectivity index (χ4v) is 3.73. The average Bonchev–Trinajstić information content (AvgIpc) is 3.16. The molecular formula is C18H23N5O3S. The molecule has 1 aliphatic carbocycles. The quantitative estimate of drug-likeness (QED) is 0.737. The van der Waals surface area contributed by atoms with Crippen molar-refractivity contribution in [2.75, 3.05) is 12.9 Å². The Labute approximate surface area is 162 Å². The average molecular weight is 389 g/mol. The first kappa shape index (κ1) is 19.2. The van der Waals surface area contributed by atoms with Gasteiger partial charge in [-0.1, -0.05) is 31.0 Å². The number of benzene rings is 1. The minimum Gasteiger partial charge on any atom is -0.497 e. The van der Waals surface area contributed by atoms with Crippen molar-refractivity contribution in [1.29, 1.82) is 0 Å². The van der Waals surface area contributed by atoms with Crippen molar-refractivity contribution < 1.29 is 14.3 Å². The third-order valence-electron chi connectivity index (χ3n) is 4.39. The number of thioether (sulfide) groups is 1. The minimum absolute atomic E-state index is 0.0763. The molecule has 0 radical (unpaired) electrons. The maximum Gasteiger partial charge on any atom is 0.321 e. The molecule has 2 N–H and O–H groups in total. The summed E-state index contributed by atoms with van der Waals surface area (Å²) in [5, 5.41) is 13.8. The first-order valence-corrected chi connectivity index (χ1v) is 9.92. The number of aromatic nitrogens is 3. The monoisotopic (exact) mass is 389 g/mol. The molecule has 27 heavy (non-hydrogen) atoms. The summed E-state index contributed by atoms with van der Waals surface area (Å²) in [6.07, 6.45) is 6.98. The molecule has 9 heteroatoms. The van der Waals surface area contributed by atoms with E-state index in [1.807, 2.05) is 24.3 Å². The summed E-state index contributed by atoms with van der Waals surface area (Å²) < 4.78 is 6.93. The van der Waals surface area contributed by atoms with Gasteiger partial charge in [-0.3, -0.25) is 14.7 Å². The van der Waals surface area contributed by atoms with Crippen LogP contribution < -0.4 is 15.4 Å². The zero-order valence-electron chi connectivity index (χ0n) is 15.2. The summed E-state index contributed by atoms with van der Waals surface area (Å²) >= 11 is 1.22. The molecular weight excluding hydrogens is 366 g/mol. The summed E-state index contributed by atoms with van der Waals surface area (Å²) in [5.74, 6) is 0.467. The lowest BCUT2D eigenvalue weighted by Gasteiger charge is -2.22. The first-order valence-electron chi connectivity index (χ1n) is 8.93. The van der Waals surface area contributed by atoms with Gasteiger partial charge in [0, 0.05) is 11.7 Å². The number of carbonyl (C=O) groups is 2. The minimum atomic E-state index is -0.427. The summed E-state index contributed by atoms with van der Waals surface area (Å²) in [6, 6.07) is 7.17. The molecule has 1 heterocycles. The van der Waals surface area contributed by atoms with Gasteiger partial charge in [0.25, 0.3) is 0 Å². The van der Waals surface area contributed by atoms with Crippen molar-refractivity contribution in [2.24, 2.45) is 0 Å². The van der Waals surface area contributed by atoms with E-state index < -0.39 is 6.03 Å². The number of amides is 3. The maximum absolute atomic E-state index is 12.1. The largest absolute Gasteiger partial charge is 0.497 e. The van der Waals surface area contributed by atoms with Crippen LogP contribution in [0.15, 0.2) is 35.7 Å². The molecule has 0 atom stereocenters. The smallest absolute Gasteiger partial charge is 0.321 e. The topological polar surface area (TPSA) is 98.1 Å². The van der Waals surface area contributed by atoms with Crippen LogP contribution in [-0.2, 0) is 4.79 Å². The lowest BCUT2D eigenvalue weighted by atomic mass is 9.96. The van der Waals surface area contributed by atoms with Gasteiger partial charge in [0.05, 0.1) is 12.9 Å². The van der Waals surface area contributed by atoms with Crippen molar-refractivity contribution in [3.05, 3.63) is 30.6 Å². The predicted molar refractivity (Wildman–Crippen MR) is 102 cm³/mol. The van der Waals surface area contributed by atoms with Crippen LogP contribution in [-0.4, -0.2) is 45.6 Å². The van der Waals surface area contributed by atoms with Gasteiger partial charge >= 0.3 is 6.03 Å². The zero-order valence-corrected chi connectivity index (χ0v) is 16.0. The van der Waals surface area contributed by atoms with Crippen LogP contribution in [0.25, 0.3) is 5.69 Å². The molecule has 0 spiro atoms. The predicted octanol–water partition coefficient (Wildman–Crippen LogP) is 2.53. The number of hydrogen-bond donors (Lipinski definition) is 2. The lowest BCUT2D eigenvalue weighted by Crippen LogP contribution is -2.45. The molecule has 1 fully saturated rings. The Morgan fingerprint density at radius 3 is 2.67 bits per heavy atom. The molecule has 0 unspecified atom stereocenters. The molecule has 1 saturated carbocycles. The van der Waals surface area contributed by atoms with E-state index in [4.69, 9.17) is 4.74 Å². The summed E-state index contributed by atoms with van der Waals surface area (Å²) in [5.41, 5.74) is 0.860. The third kappa shape index (κ3) is 5.46. The summed E-state index contributed by atoms with van der Waals surface area (Å²) in [7, 11) is 1.61. The number of urea groups is 1. The van der Waals surface area contributed by atoms with Crippen LogP contribution in [0.1, 0.15) is 32.1 Å². The van der Waals surface area contributed by atoms with E-state index in [0.717, 1.165) is 37.1 Å². The van der Waals surface area contributed by atoms with E-state index in [1.165, 1.54) is 18.2 Å². The molecule has 1 aliphatic rings. The highest BCUT2D eigenvalue weighted by atomic mass is 32.2. The van der Waals surface area contributed by atoms with Gasteiger partial charge in [0.15, 0.2) is 5.16 Å². The van der Waals surface area contributed by atoms with E-state index in [0.29, 0.717) is 5.16 Å². The first-order chi connectivity index (χ1) is 13.2. The van der Waals surface area contributed by atoms with Crippen molar-refractivity contribution >= 4 is 23.7 Å². The molecule has 3 rings (SSSR count). The Kier molecular flexibility index (Phi) is 6.69. The van der Waals surface area contributed by atoms with Crippen molar-refractivity contribution in [2.45, 2.75) is 43.3 Å². The Bertz CT molecular complexity index is 772. The van der Waals surface area contributed by atoms with E-state index in [-0.39, 0.29) is 17.7 Å². The van der Waals surface area contributed by atoms with Crippen LogP contribution in [0, 0.1) is 0 Å². The van der Waals surface area contributed by atoms with E-state index in [1.54, 1.807) is 18.0 Å². The second-order valence-corrected chi connectivity index (χ2v) is 7.27. The van der Waals surface area contributed by atoms with Gasteiger partial charge in [0.2, 0.25) is 5.91 Å². The van der Waals surface area contributed by atoms with Crippen molar-refractivity contribution in [3.63, 3.8) is 0 Å². The lowest BCUT2D eigenvalue weighted by molar-refractivity contribution is -0.117. The molecule has 0 saturated heterocycles. The second kappa shape index (κ2) is 9.40. The SMILES string of the molecule is COc1ccc(-n2cnnc2SCC(=O)NC(=O)NC2CCCCC2)cc1. The van der Waals surface area contributed by atoms with Crippen molar-refractivity contribution in [3.8, 4) is 11.4 Å². The van der Waals surface area contributed by atoms with Crippen molar-refractivity contribution in [1.82, 2.24) is 25.4 Å².